The highest BCUT2D eigenvalue weighted by atomic mass is 32.2. The van der Waals surface area contributed by atoms with Crippen LogP contribution < -0.4 is 10.1 Å². The van der Waals surface area contributed by atoms with Crippen LogP contribution in [0, 0.1) is 0 Å². The Bertz CT molecular complexity index is 898. The van der Waals surface area contributed by atoms with E-state index in [1.165, 1.54) is 4.90 Å². The average Bonchev–Trinajstić information content (AvgIpc) is 3.00. The van der Waals surface area contributed by atoms with Crippen LogP contribution in [0.4, 0.5) is 4.79 Å². The number of rotatable bonds is 4. The van der Waals surface area contributed by atoms with Gasteiger partial charge in [-0.3, -0.25) is 19.3 Å². The summed E-state index contributed by atoms with van der Waals surface area (Å²) in [5.74, 6) is 0.597. The first-order chi connectivity index (χ1) is 13.1. The molecule has 1 N–H and O–H groups in total. The van der Waals surface area contributed by atoms with Crippen LogP contribution in [0.25, 0.3) is 0 Å². The molecule has 138 valence electrons. The Morgan fingerprint density at radius 2 is 2.04 bits per heavy atom. The number of thioether (sulfide) groups is 1. The molecule has 2 aliphatic heterocycles. The van der Waals surface area contributed by atoms with Crippen LogP contribution in [-0.2, 0) is 11.3 Å². The van der Waals surface area contributed by atoms with Gasteiger partial charge in [0.25, 0.3) is 11.1 Å². The molecule has 0 aromatic heterocycles. The lowest BCUT2D eigenvalue weighted by molar-refractivity contribution is -0.125. The van der Waals surface area contributed by atoms with E-state index in [0.29, 0.717) is 18.6 Å². The molecule has 0 bridgehead atoms. The lowest BCUT2D eigenvalue weighted by Crippen LogP contribution is -2.32. The molecular weight excluding hydrogens is 364 g/mol. The Morgan fingerprint density at radius 3 is 2.85 bits per heavy atom. The molecule has 1 atom stereocenters. The van der Waals surface area contributed by atoms with Crippen molar-refractivity contribution in [2.24, 2.45) is 0 Å². The van der Waals surface area contributed by atoms with Crippen LogP contribution in [0.5, 0.6) is 5.75 Å². The van der Waals surface area contributed by atoms with Gasteiger partial charge >= 0.3 is 0 Å². The van der Waals surface area contributed by atoms with Crippen molar-refractivity contribution in [3.05, 3.63) is 65.2 Å². The molecular formula is C20H18N2O4S. The maximum absolute atomic E-state index is 12.7. The molecule has 2 heterocycles. The van der Waals surface area contributed by atoms with Crippen LogP contribution in [0.3, 0.4) is 0 Å². The van der Waals surface area contributed by atoms with E-state index in [0.717, 1.165) is 28.6 Å². The fraction of sp³-hybridized carbons (Fsp3) is 0.250. The second kappa shape index (κ2) is 7.44. The first kappa shape index (κ1) is 17.6. The largest absolute Gasteiger partial charge is 0.493 e. The summed E-state index contributed by atoms with van der Waals surface area (Å²) in [6.45, 7) is 0.741. The maximum Gasteiger partial charge on any atom is 0.289 e. The first-order valence-corrected chi connectivity index (χ1v) is 9.69. The van der Waals surface area contributed by atoms with Gasteiger partial charge in [-0.25, -0.2) is 0 Å². The minimum absolute atomic E-state index is 0.107. The third-order valence-electron chi connectivity index (χ3n) is 4.63. The quantitative estimate of drug-likeness (QED) is 0.879. The number of ether oxygens (including phenoxy) is 1. The minimum Gasteiger partial charge on any atom is -0.493 e. The Labute approximate surface area is 160 Å². The third-order valence-corrected chi connectivity index (χ3v) is 5.49. The summed E-state index contributed by atoms with van der Waals surface area (Å²) >= 11 is 1.01. The van der Waals surface area contributed by atoms with Gasteiger partial charge in [0.15, 0.2) is 0 Å². The second-order valence-corrected chi connectivity index (χ2v) is 7.36. The van der Waals surface area contributed by atoms with Crippen molar-refractivity contribution in [1.29, 1.82) is 0 Å². The number of fused-ring (bicyclic) bond motifs is 1. The minimum atomic E-state index is -0.242. The summed E-state index contributed by atoms with van der Waals surface area (Å²) in [5.41, 5.74) is 2.22. The van der Waals surface area contributed by atoms with Gasteiger partial charge in [0.05, 0.1) is 24.9 Å². The van der Waals surface area contributed by atoms with Crippen LogP contribution in [0.15, 0.2) is 48.5 Å². The van der Waals surface area contributed by atoms with Gasteiger partial charge in [0, 0.05) is 17.5 Å². The number of nitrogens with one attached hydrogen (secondary N) is 1. The Kier molecular flexibility index (Phi) is 4.85. The first-order valence-electron chi connectivity index (χ1n) is 8.70. The lowest BCUT2D eigenvalue weighted by atomic mass is 10.00. The Balaban J connectivity index is 1.48. The molecule has 7 heteroatoms. The van der Waals surface area contributed by atoms with E-state index in [-0.39, 0.29) is 35.4 Å². The van der Waals surface area contributed by atoms with Crippen molar-refractivity contribution in [3.8, 4) is 5.75 Å². The molecule has 6 nitrogen and oxygen atoms in total. The number of carbonyl (C=O) groups excluding carboxylic acids is 3. The van der Waals surface area contributed by atoms with Gasteiger partial charge in [-0.15, -0.1) is 0 Å². The molecule has 3 amide bonds. The fourth-order valence-corrected chi connectivity index (χ4v) is 3.99. The SMILES string of the molecule is O=C(NC1CCOc2ccccc21)c1cccc(CN2C(=O)CSC2=O)c1. The number of hydrogen-bond donors (Lipinski definition) is 1. The Morgan fingerprint density at radius 1 is 1.19 bits per heavy atom. The molecule has 0 saturated carbocycles. The monoisotopic (exact) mass is 382 g/mol. The normalized spacial score (nSPS) is 18.8. The number of carbonyl (C=O) groups is 3. The van der Waals surface area contributed by atoms with Gasteiger partial charge in [0.1, 0.15) is 5.75 Å². The van der Waals surface area contributed by atoms with Gasteiger partial charge < -0.3 is 10.1 Å². The summed E-state index contributed by atoms with van der Waals surface area (Å²) in [5, 5.41) is 2.82. The third kappa shape index (κ3) is 3.68. The van der Waals surface area contributed by atoms with Gasteiger partial charge in [-0.05, 0) is 23.8 Å². The summed E-state index contributed by atoms with van der Waals surface area (Å²) in [4.78, 5) is 37.5. The van der Waals surface area contributed by atoms with Crippen molar-refractivity contribution >= 4 is 28.8 Å². The van der Waals surface area contributed by atoms with Gasteiger partial charge in [0.2, 0.25) is 5.91 Å². The van der Waals surface area contributed by atoms with Crippen molar-refractivity contribution < 1.29 is 19.1 Å². The average molecular weight is 382 g/mol. The molecule has 0 spiro atoms. The van der Waals surface area contributed by atoms with Crippen molar-refractivity contribution in [1.82, 2.24) is 10.2 Å². The summed E-state index contributed by atoms with van der Waals surface area (Å²) < 4.78 is 5.63. The number of benzene rings is 2. The summed E-state index contributed by atoms with van der Waals surface area (Å²) in [6, 6.07) is 14.6. The predicted molar refractivity (Wildman–Crippen MR) is 102 cm³/mol. The van der Waals surface area contributed by atoms with Crippen LogP contribution in [0.1, 0.15) is 33.9 Å². The highest BCUT2D eigenvalue weighted by molar-refractivity contribution is 8.14. The zero-order chi connectivity index (χ0) is 18.8. The van der Waals surface area contributed by atoms with Gasteiger partial charge in [-0.2, -0.15) is 0 Å². The van der Waals surface area contributed by atoms with Crippen LogP contribution in [-0.4, -0.2) is 34.3 Å². The topological polar surface area (TPSA) is 75.7 Å². The molecule has 2 aliphatic rings. The van der Waals surface area contributed by atoms with Crippen LogP contribution in [0.2, 0.25) is 0 Å². The molecule has 27 heavy (non-hydrogen) atoms. The number of nitrogens with zero attached hydrogens (tertiary/aromatic N) is 1. The van der Waals surface area contributed by atoms with Crippen molar-refractivity contribution in [3.63, 3.8) is 0 Å². The van der Waals surface area contributed by atoms with E-state index in [1.54, 1.807) is 18.2 Å². The fourth-order valence-electron chi connectivity index (χ4n) is 3.26. The number of hydrogen-bond acceptors (Lipinski definition) is 5. The van der Waals surface area contributed by atoms with E-state index in [2.05, 4.69) is 5.32 Å². The molecule has 1 unspecified atom stereocenters. The molecule has 4 rings (SSSR count). The van der Waals surface area contributed by atoms with Crippen molar-refractivity contribution in [2.45, 2.75) is 19.0 Å². The van der Waals surface area contributed by atoms with E-state index in [4.69, 9.17) is 4.74 Å². The lowest BCUT2D eigenvalue weighted by Gasteiger charge is -2.26. The highest BCUT2D eigenvalue weighted by Crippen LogP contribution is 2.31. The standard InChI is InChI=1S/C20H18N2O4S/c23-18-12-27-20(25)22(18)11-13-4-3-5-14(10-13)19(24)21-16-8-9-26-17-7-2-1-6-15(16)17/h1-7,10,16H,8-9,11-12H2,(H,21,24). The van der Waals surface area contributed by atoms with Crippen molar-refractivity contribution in [2.75, 3.05) is 12.4 Å². The molecule has 1 saturated heterocycles. The zero-order valence-corrected chi connectivity index (χ0v) is 15.3. The molecule has 2 aromatic carbocycles. The van der Waals surface area contributed by atoms with Gasteiger partial charge in [-0.1, -0.05) is 42.1 Å². The highest BCUT2D eigenvalue weighted by Gasteiger charge is 2.30. The van der Waals surface area contributed by atoms with E-state index in [9.17, 15) is 14.4 Å². The van der Waals surface area contributed by atoms with E-state index >= 15 is 0 Å². The predicted octanol–water partition coefficient (Wildman–Crippen LogP) is 3.14. The van der Waals surface area contributed by atoms with E-state index < -0.39 is 0 Å². The Hall–Kier alpha value is -2.80. The molecule has 1 fully saturated rings. The molecule has 0 radical (unpaired) electrons. The number of amides is 3. The summed E-state index contributed by atoms with van der Waals surface area (Å²) in [6.07, 6.45) is 0.705. The zero-order valence-electron chi connectivity index (χ0n) is 14.5. The summed E-state index contributed by atoms with van der Waals surface area (Å²) in [7, 11) is 0. The van der Waals surface area contributed by atoms with E-state index in [1.807, 2.05) is 30.3 Å². The molecule has 2 aromatic rings. The molecule has 0 aliphatic carbocycles. The number of imide groups is 1. The maximum atomic E-state index is 12.7. The second-order valence-electron chi connectivity index (χ2n) is 6.44. The van der Waals surface area contributed by atoms with Crippen LogP contribution >= 0.6 is 11.8 Å². The number of para-hydroxylation sites is 1. The smallest absolute Gasteiger partial charge is 0.289 e.